The number of carboxylic acids is 1. The highest BCUT2D eigenvalue weighted by Gasteiger charge is 2.16. The van der Waals surface area contributed by atoms with Gasteiger partial charge in [0.05, 0.1) is 10.7 Å². The van der Waals surface area contributed by atoms with E-state index in [1.54, 1.807) is 12.1 Å². The van der Waals surface area contributed by atoms with E-state index in [1.807, 2.05) is 29.5 Å². The molecule has 0 radical (unpaired) electrons. The Balaban J connectivity index is 2.35. The van der Waals surface area contributed by atoms with Gasteiger partial charge in [0.15, 0.2) is 11.5 Å². The van der Waals surface area contributed by atoms with Crippen LogP contribution in [-0.2, 0) is 11.2 Å². The highest BCUT2D eigenvalue weighted by atomic mass is 127. The molecule has 0 amide bonds. The maximum atomic E-state index is 11.4. The number of thioether (sulfide) groups is 1. The Morgan fingerprint density at radius 1 is 1.48 bits per heavy atom. The summed E-state index contributed by atoms with van der Waals surface area (Å²) in [5.74, 6) is -0.394. The average molecular weight is 448 g/mol. The van der Waals surface area contributed by atoms with Crippen molar-refractivity contribution < 1.29 is 24.2 Å². The van der Waals surface area contributed by atoms with Crippen molar-refractivity contribution in [3.63, 3.8) is 0 Å². The molecular weight excluding hydrogens is 435 g/mol. The van der Waals surface area contributed by atoms with Crippen molar-refractivity contribution >= 4 is 46.4 Å². The van der Waals surface area contributed by atoms with E-state index in [0.29, 0.717) is 21.4 Å². The van der Waals surface area contributed by atoms with E-state index in [4.69, 9.17) is 9.15 Å². The molecule has 122 valence electrons. The van der Waals surface area contributed by atoms with E-state index in [2.05, 4.69) is 10.2 Å². The van der Waals surface area contributed by atoms with Crippen molar-refractivity contribution in [3.05, 3.63) is 32.1 Å². The number of aliphatic carboxylic acids is 1. The van der Waals surface area contributed by atoms with Gasteiger partial charge in [-0.25, -0.2) is 4.79 Å². The van der Waals surface area contributed by atoms with Crippen molar-refractivity contribution in [2.75, 3.05) is 7.11 Å². The molecule has 0 aliphatic heterocycles. The maximum Gasteiger partial charge on any atom is 0.342 e. The Hall–Kier alpha value is -1.75. The number of methoxy groups -OCH3 is 1. The van der Waals surface area contributed by atoms with Gasteiger partial charge < -0.3 is 19.4 Å². The molecule has 0 unspecified atom stereocenters. The molecule has 0 aliphatic rings. The zero-order valence-corrected chi connectivity index (χ0v) is 15.2. The largest absolute Gasteiger partial charge is 0.504 e. The zero-order chi connectivity index (χ0) is 17.0. The Bertz CT molecular complexity index is 760. The Kier molecular flexibility index (Phi) is 5.88. The third-order valence-electron chi connectivity index (χ3n) is 2.73. The highest BCUT2D eigenvalue weighted by molar-refractivity contribution is 14.1. The highest BCUT2D eigenvalue weighted by Crippen LogP contribution is 2.34. The third kappa shape index (κ3) is 4.38. The minimum absolute atomic E-state index is 0.0132. The first-order valence-corrected chi connectivity index (χ1v) is 8.35. The minimum Gasteiger partial charge on any atom is -0.504 e. The molecule has 0 bridgehead atoms. The van der Waals surface area contributed by atoms with Gasteiger partial charge in [-0.3, -0.25) is 0 Å². The maximum absolute atomic E-state index is 11.4. The number of phenols is 1. The fourth-order valence-electron chi connectivity index (χ4n) is 1.64. The number of benzene rings is 1. The Morgan fingerprint density at radius 3 is 2.78 bits per heavy atom. The molecule has 0 aliphatic carbocycles. The van der Waals surface area contributed by atoms with Crippen LogP contribution < -0.4 is 4.74 Å². The number of aromatic nitrogens is 2. The van der Waals surface area contributed by atoms with E-state index in [0.717, 1.165) is 11.8 Å². The molecule has 7 nitrogen and oxygen atoms in total. The van der Waals surface area contributed by atoms with E-state index < -0.39 is 5.97 Å². The zero-order valence-electron chi connectivity index (χ0n) is 12.2. The lowest BCUT2D eigenvalue weighted by molar-refractivity contribution is -0.131. The quantitative estimate of drug-likeness (QED) is 0.395. The van der Waals surface area contributed by atoms with Crippen LogP contribution in [0.4, 0.5) is 0 Å². The summed E-state index contributed by atoms with van der Waals surface area (Å²) >= 11 is 2.81. The second-order valence-corrected chi connectivity index (χ2v) is 6.44. The number of phenolic OH excluding ortho intramolecular Hbond substituents is 1. The number of aromatic hydroxyl groups is 1. The van der Waals surface area contributed by atoms with Crippen LogP contribution in [0.2, 0.25) is 0 Å². The Morgan fingerprint density at radius 2 is 2.22 bits per heavy atom. The smallest absolute Gasteiger partial charge is 0.342 e. The number of nitrogens with zero attached hydrogens (tertiary/aromatic N) is 2. The second kappa shape index (κ2) is 7.68. The van der Waals surface area contributed by atoms with E-state index >= 15 is 0 Å². The topological polar surface area (TPSA) is 106 Å². The van der Waals surface area contributed by atoms with Gasteiger partial charge in [-0.1, -0.05) is 6.92 Å². The summed E-state index contributed by atoms with van der Waals surface area (Å²) in [7, 11) is 1.43. The van der Waals surface area contributed by atoms with Crippen molar-refractivity contribution in [2.24, 2.45) is 0 Å². The summed E-state index contributed by atoms with van der Waals surface area (Å²) in [5, 5.41) is 26.9. The standard InChI is InChI=1S/C14H13IN2O5S/c1-3-11-16-17-14(22-11)23-10(13(19)20)6-7-4-8(15)12(18)9(5-7)21-2/h4-6,18H,3H2,1-2H3,(H,19,20)/b10-6-. The number of rotatable bonds is 6. The predicted octanol–water partition coefficient (Wildman–Crippen LogP) is 3.17. The van der Waals surface area contributed by atoms with Gasteiger partial charge in [0.1, 0.15) is 4.91 Å². The summed E-state index contributed by atoms with van der Waals surface area (Å²) in [6.07, 6.45) is 2.03. The third-order valence-corrected chi connectivity index (χ3v) is 4.40. The molecule has 9 heteroatoms. The molecule has 0 fully saturated rings. The number of carbonyl (C=O) groups is 1. The van der Waals surface area contributed by atoms with Crippen LogP contribution in [0.5, 0.6) is 11.5 Å². The van der Waals surface area contributed by atoms with E-state index in [-0.39, 0.29) is 21.6 Å². The minimum atomic E-state index is -1.12. The molecule has 0 spiro atoms. The first-order chi connectivity index (χ1) is 10.9. The van der Waals surface area contributed by atoms with Crippen LogP contribution in [0.1, 0.15) is 18.4 Å². The summed E-state index contributed by atoms with van der Waals surface area (Å²) in [6, 6.07) is 3.19. The molecule has 0 saturated carbocycles. The lowest BCUT2D eigenvalue weighted by Gasteiger charge is -2.07. The van der Waals surface area contributed by atoms with Crippen LogP contribution >= 0.6 is 34.4 Å². The fraction of sp³-hybridized carbons (Fsp3) is 0.214. The van der Waals surface area contributed by atoms with Crippen molar-refractivity contribution in [1.29, 1.82) is 0 Å². The summed E-state index contributed by atoms with van der Waals surface area (Å²) in [6.45, 7) is 1.86. The SMILES string of the molecule is CCc1nnc(S/C(=C\c2cc(I)c(O)c(OC)c2)C(=O)O)o1. The predicted molar refractivity (Wildman–Crippen MR) is 92.5 cm³/mol. The van der Waals surface area contributed by atoms with Gasteiger partial charge in [0, 0.05) is 6.42 Å². The number of ether oxygens (including phenoxy) is 1. The van der Waals surface area contributed by atoms with Crippen LogP contribution in [0.3, 0.4) is 0 Å². The number of carboxylic acid groups (broad SMARTS) is 1. The van der Waals surface area contributed by atoms with Crippen LogP contribution in [0.15, 0.2) is 26.7 Å². The van der Waals surface area contributed by atoms with Gasteiger partial charge in [-0.2, -0.15) is 0 Å². The van der Waals surface area contributed by atoms with Gasteiger partial charge in [0.25, 0.3) is 5.22 Å². The van der Waals surface area contributed by atoms with Gasteiger partial charge in [0.2, 0.25) is 5.89 Å². The van der Waals surface area contributed by atoms with Crippen LogP contribution in [0.25, 0.3) is 6.08 Å². The molecule has 0 saturated heterocycles. The van der Waals surface area contributed by atoms with Crippen molar-refractivity contribution in [2.45, 2.75) is 18.6 Å². The lowest BCUT2D eigenvalue weighted by atomic mass is 10.2. The summed E-state index contributed by atoms with van der Waals surface area (Å²) in [4.78, 5) is 11.4. The molecule has 1 heterocycles. The van der Waals surface area contributed by atoms with E-state index in [1.165, 1.54) is 13.2 Å². The van der Waals surface area contributed by atoms with Gasteiger partial charge in [-0.15, -0.1) is 10.2 Å². The van der Waals surface area contributed by atoms with Crippen LogP contribution in [0, 0.1) is 3.57 Å². The summed E-state index contributed by atoms with van der Waals surface area (Å²) in [5.41, 5.74) is 0.573. The van der Waals surface area contributed by atoms with Crippen molar-refractivity contribution in [1.82, 2.24) is 10.2 Å². The molecule has 2 aromatic rings. The first-order valence-electron chi connectivity index (χ1n) is 6.46. The molecular formula is C14H13IN2O5S. The average Bonchev–Trinajstić information content (AvgIpc) is 2.97. The number of hydrogen-bond donors (Lipinski definition) is 2. The van der Waals surface area contributed by atoms with Crippen LogP contribution in [-0.4, -0.2) is 33.5 Å². The first kappa shape index (κ1) is 17.6. The van der Waals surface area contributed by atoms with E-state index in [9.17, 15) is 15.0 Å². The van der Waals surface area contributed by atoms with Gasteiger partial charge >= 0.3 is 5.97 Å². The second-order valence-electron chi connectivity index (χ2n) is 4.28. The molecule has 0 atom stereocenters. The molecule has 23 heavy (non-hydrogen) atoms. The van der Waals surface area contributed by atoms with Gasteiger partial charge in [-0.05, 0) is 58.1 Å². The molecule has 1 aromatic carbocycles. The summed E-state index contributed by atoms with van der Waals surface area (Å²) < 4.78 is 10.9. The Labute approximate surface area is 149 Å². The fourth-order valence-corrected chi connectivity index (χ4v) is 2.95. The molecule has 2 rings (SSSR count). The number of hydrogen-bond acceptors (Lipinski definition) is 7. The number of aryl methyl sites for hydroxylation is 1. The number of halogens is 1. The molecule has 1 aromatic heterocycles. The monoisotopic (exact) mass is 448 g/mol. The lowest BCUT2D eigenvalue weighted by Crippen LogP contribution is -1.97. The normalized spacial score (nSPS) is 11.5. The molecule has 2 N–H and O–H groups in total. The van der Waals surface area contributed by atoms with Crippen molar-refractivity contribution in [3.8, 4) is 11.5 Å².